The van der Waals surface area contributed by atoms with E-state index < -0.39 is 11.8 Å². The maximum absolute atomic E-state index is 11.7. The van der Waals surface area contributed by atoms with Crippen LogP contribution in [0.4, 0.5) is 0 Å². The quantitative estimate of drug-likeness (QED) is 0.582. The minimum absolute atomic E-state index is 0.0237. The second-order valence-electron chi connectivity index (χ2n) is 5.07. The van der Waals surface area contributed by atoms with Gasteiger partial charge in [-0.25, -0.2) is 4.79 Å². The van der Waals surface area contributed by atoms with Gasteiger partial charge in [0, 0.05) is 6.42 Å². The van der Waals surface area contributed by atoms with E-state index in [2.05, 4.69) is 26.0 Å². The number of ether oxygens (including phenoxy) is 1. The molecule has 1 aromatic carbocycles. The van der Waals surface area contributed by atoms with Gasteiger partial charge in [-0.15, -0.1) is 0 Å². The van der Waals surface area contributed by atoms with Gasteiger partial charge in [0.2, 0.25) is 5.78 Å². The summed E-state index contributed by atoms with van der Waals surface area (Å²) in [7, 11) is 0. The van der Waals surface area contributed by atoms with Crippen molar-refractivity contribution in [1.29, 1.82) is 0 Å². The topological polar surface area (TPSA) is 43.4 Å². The highest BCUT2D eigenvalue weighted by molar-refractivity contribution is 6.33. The van der Waals surface area contributed by atoms with Gasteiger partial charge in [-0.2, -0.15) is 0 Å². The lowest BCUT2D eigenvalue weighted by Crippen LogP contribution is -2.19. The minimum atomic E-state index is -0.727. The van der Waals surface area contributed by atoms with Crippen molar-refractivity contribution in [1.82, 2.24) is 0 Å². The fourth-order valence-corrected chi connectivity index (χ4v) is 1.92. The molecule has 0 amide bonds. The van der Waals surface area contributed by atoms with E-state index in [0.717, 1.165) is 5.56 Å². The van der Waals surface area contributed by atoms with Crippen LogP contribution in [0.1, 0.15) is 57.1 Å². The van der Waals surface area contributed by atoms with Crippen molar-refractivity contribution >= 4 is 11.8 Å². The molecule has 0 aromatic heterocycles. The van der Waals surface area contributed by atoms with Gasteiger partial charge in [0.1, 0.15) is 0 Å². The van der Waals surface area contributed by atoms with Crippen molar-refractivity contribution in [3.05, 3.63) is 35.4 Å². The lowest BCUT2D eigenvalue weighted by atomic mass is 9.92. The zero-order valence-electron chi connectivity index (χ0n) is 12.1. The fourth-order valence-electron chi connectivity index (χ4n) is 1.92. The molecule has 1 rings (SSSR count). The van der Waals surface area contributed by atoms with Crippen LogP contribution in [0.25, 0.3) is 0 Å². The Morgan fingerprint density at radius 2 is 1.79 bits per heavy atom. The Labute approximate surface area is 115 Å². The Hall–Kier alpha value is -1.64. The molecule has 3 nitrogen and oxygen atoms in total. The average Bonchev–Trinajstić information content (AvgIpc) is 2.39. The van der Waals surface area contributed by atoms with E-state index in [1.54, 1.807) is 6.92 Å². The number of hydrogen-bond acceptors (Lipinski definition) is 3. The molecule has 0 N–H and O–H groups in total. The Bertz CT molecular complexity index is 449. The van der Waals surface area contributed by atoms with Crippen LogP contribution in [0.15, 0.2) is 24.3 Å². The first-order chi connectivity index (χ1) is 8.95. The van der Waals surface area contributed by atoms with Crippen molar-refractivity contribution < 1.29 is 14.3 Å². The summed E-state index contributed by atoms with van der Waals surface area (Å²) in [6.45, 7) is 8.15. The van der Waals surface area contributed by atoms with Gasteiger partial charge in [-0.3, -0.25) is 4.79 Å². The molecule has 0 radical (unpaired) electrons. The summed E-state index contributed by atoms with van der Waals surface area (Å²) < 4.78 is 4.71. The van der Waals surface area contributed by atoms with Gasteiger partial charge < -0.3 is 4.74 Å². The highest BCUT2D eigenvalue weighted by atomic mass is 16.5. The average molecular weight is 262 g/mol. The molecule has 0 unspecified atom stereocenters. The Morgan fingerprint density at radius 3 is 2.37 bits per heavy atom. The van der Waals surface area contributed by atoms with Gasteiger partial charge in [0.15, 0.2) is 0 Å². The summed E-state index contributed by atoms with van der Waals surface area (Å²) >= 11 is 0. The summed E-state index contributed by atoms with van der Waals surface area (Å²) in [5, 5.41) is 0. The molecule has 0 spiro atoms. The van der Waals surface area contributed by atoms with E-state index in [1.165, 1.54) is 5.56 Å². The molecule has 1 aromatic rings. The van der Waals surface area contributed by atoms with Gasteiger partial charge in [0.05, 0.1) is 6.61 Å². The van der Waals surface area contributed by atoms with Crippen molar-refractivity contribution in [3.63, 3.8) is 0 Å². The summed E-state index contributed by atoms with van der Waals surface area (Å²) in [6.07, 6.45) is 0.195. The highest BCUT2D eigenvalue weighted by Crippen LogP contribution is 2.23. The molecule has 0 saturated carbocycles. The molecule has 0 aliphatic heterocycles. The van der Waals surface area contributed by atoms with E-state index in [4.69, 9.17) is 4.74 Å². The summed E-state index contributed by atoms with van der Waals surface area (Å²) in [5.41, 5.74) is 2.33. The standard InChI is InChI=1S/C16H22O3/c1-5-19-16(18)15(17)9-12(4)14-8-6-7-13(10-14)11(2)3/h6-8,10-12H,5,9H2,1-4H3/t12-/m1/s1. The molecule has 19 heavy (non-hydrogen) atoms. The number of benzene rings is 1. The van der Waals surface area contributed by atoms with E-state index >= 15 is 0 Å². The molecule has 0 saturated heterocycles. The molecule has 104 valence electrons. The van der Waals surface area contributed by atoms with Crippen LogP contribution in [0, 0.1) is 0 Å². The SMILES string of the molecule is CCOC(=O)C(=O)C[C@@H](C)c1cccc(C(C)C)c1. The molecule has 3 heteroatoms. The van der Waals surface area contributed by atoms with Crippen molar-refractivity contribution in [2.75, 3.05) is 6.61 Å². The van der Waals surface area contributed by atoms with Gasteiger partial charge in [-0.05, 0) is 29.9 Å². The summed E-state index contributed by atoms with van der Waals surface area (Å²) in [4.78, 5) is 23.0. The first kappa shape index (κ1) is 15.4. The van der Waals surface area contributed by atoms with Crippen LogP contribution >= 0.6 is 0 Å². The Morgan fingerprint density at radius 1 is 1.16 bits per heavy atom. The van der Waals surface area contributed by atoms with Crippen LogP contribution in [0.2, 0.25) is 0 Å². The summed E-state index contributed by atoms with van der Waals surface area (Å²) in [5.74, 6) is -0.706. The Kier molecular flexibility index (Phi) is 5.74. The predicted molar refractivity (Wildman–Crippen MR) is 75.2 cm³/mol. The highest BCUT2D eigenvalue weighted by Gasteiger charge is 2.19. The van der Waals surface area contributed by atoms with Crippen LogP contribution in [-0.4, -0.2) is 18.4 Å². The van der Waals surface area contributed by atoms with Crippen molar-refractivity contribution in [2.45, 2.75) is 46.0 Å². The molecule has 1 atom stereocenters. The zero-order chi connectivity index (χ0) is 14.4. The lowest BCUT2D eigenvalue weighted by Gasteiger charge is -2.13. The Balaban J connectivity index is 2.72. The summed E-state index contributed by atoms with van der Waals surface area (Å²) in [6, 6.07) is 8.17. The number of ketones is 1. The third-order valence-corrected chi connectivity index (χ3v) is 3.14. The monoisotopic (exact) mass is 262 g/mol. The number of rotatable bonds is 6. The van der Waals surface area contributed by atoms with Gasteiger partial charge in [0.25, 0.3) is 0 Å². The van der Waals surface area contributed by atoms with Crippen LogP contribution in [0.3, 0.4) is 0 Å². The first-order valence-corrected chi connectivity index (χ1v) is 6.75. The molecule has 0 aliphatic rings. The molecule has 0 bridgehead atoms. The van der Waals surface area contributed by atoms with Crippen LogP contribution in [0.5, 0.6) is 0 Å². The largest absolute Gasteiger partial charge is 0.460 e. The van der Waals surface area contributed by atoms with Crippen LogP contribution in [-0.2, 0) is 14.3 Å². The number of esters is 1. The molecule has 0 aliphatic carbocycles. The third-order valence-electron chi connectivity index (χ3n) is 3.14. The zero-order valence-corrected chi connectivity index (χ0v) is 12.1. The van der Waals surface area contributed by atoms with E-state index in [0.29, 0.717) is 5.92 Å². The van der Waals surface area contributed by atoms with E-state index in [-0.39, 0.29) is 18.9 Å². The van der Waals surface area contributed by atoms with Crippen LogP contribution < -0.4 is 0 Å². The fraction of sp³-hybridized carbons (Fsp3) is 0.500. The molecule has 0 heterocycles. The number of carbonyl (C=O) groups excluding carboxylic acids is 2. The third kappa shape index (κ3) is 4.51. The minimum Gasteiger partial charge on any atom is -0.460 e. The molecule has 0 fully saturated rings. The van der Waals surface area contributed by atoms with Crippen molar-refractivity contribution in [2.24, 2.45) is 0 Å². The predicted octanol–water partition coefficient (Wildman–Crippen LogP) is 3.44. The second kappa shape index (κ2) is 7.07. The maximum Gasteiger partial charge on any atom is 0.374 e. The van der Waals surface area contributed by atoms with E-state index in [1.807, 2.05) is 19.1 Å². The number of carbonyl (C=O) groups is 2. The lowest BCUT2D eigenvalue weighted by molar-refractivity contribution is -0.153. The number of Topliss-reactive ketones (excluding diaryl/α,β-unsaturated/α-hetero) is 1. The first-order valence-electron chi connectivity index (χ1n) is 6.75. The molecular formula is C16H22O3. The maximum atomic E-state index is 11.7. The second-order valence-corrected chi connectivity index (χ2v) is 5.07. The van der Waals surface area contributed by atoms with E-state index in [9.17, 15) is 9.59 Å². The number of hydrogen-bond donors (Lipinski definition) is 0. The van der Waals surface area contributed by atoms with Gasteiger partial charge in [-0.1, -0.05) is 45.0 Å². The van der Waals surface area contributed by atoms with Crippen molar-refractivity contribution in [3.8, 4) is 0 Å². The normalized spacial score (nSPS) is 12.3. The van der Waals surface area contributed by atoms with Gasteiger partial charge >= 0.3 is 5.97 Å². The molecular weight excluding hydrogens is 240 g/mol. The smallest absolute Gasteiger partial charge is 0.374 e.